The first-order valence-corrected chi connectivity index (χ1v) is 12.5. The van der Waals surface area contributed by atoms with E-state index in [1.54, 1.807) is 41.7 Å². The topological polar surface area (TPSA) is 91.8 Å². The molecule has 1 fully saturated rings. The van der Waals surface area contributed by atoms with E-state index in [2.05, 4.69) is 14.6 Å². The molecule has 1 aliphatic heterocycles. The van der Waals surface area contributed by atoms with Crippen molar-refractivity contribution >= 4 is 38.1 Å². The lowest BCUT2D eigenvalue weighted by atomic mass is 10.2. The van der Waals surface area contributed by atoms with Crippen molar-refractivity contribution in [2.24, 2.45) is 0 Å². The number of aromatic nitrogens is 1. The SMILES string of the molecule is COc1cccc(N2CCN(C(=O)c3csc(NS(=O)(=O)c4ccc(C)cc4)n3)CC2)c1. The van der Waals surface area contributed by atoms with E-state index in [1.165, 1.54) is 0 Å². The molecule has 0 spiro atoms. The number of rotatable bonds is 6. The number of methoxy groups -OCH3 is 1. The summed E-state index contributed by atoms with van der Waals surface area (Å²) in [5, 5.41) is 1.76. The van der Waals surface area contributed by atoms with Crippen LogP contribution in [0.2, 0.25) is 0 Å². The molecule has 2 heterocycles. The minimum absolute atomic E-state index is 0.153. The predicted octanol–water partition coefficient (Wildman–Crippen LogP) is 3.22. The fourth-order valence-electron chi connectivity index (χ4n) is 3.45. The molecule has 10 heteroatoms. The zero-order valence-electron chi connectivity index (χ0n) is 17.8. The molecule has 2 aromatic carbocycles. The standard InChI is InChI=1S/C22H24N4O4S2/c1-16-6-8-19(9-7-16)32(28,29)24-22-23-20(15-31-22)21(27)26-12-10-25(11-13-26)17-4-3-5-18(14-17)30-2/h3-9,14-15H,10-13H2,1-2H3,(H,23,24). The first-order valence-electron chi connectivity index (χ1n) is 10.1. The summed E-state index contributed by atoms with van der Waals surface area (Å²) in [6.45, 7) is 4.38. The van der Waals surface area contributed by atoms with E-state index >= 15 is 0 Å². The molecule has 1 aromatic heterocycles. The second kappa shape index (κ2) is 9.17. The Hall–Kier alpha value is -3.11. The third-order valence-corrected chi connectivity index (χ3v) is 7.50. The van der Waals surface area contributed by atoms with Gasteiger partial charge in [-0.1, -0.05) is 23.8 Å². The maximum Gasteiger partial charge on any atom is 0.273 e. The molecule has 3 aromatic rings. The second-order valence-corrected chi connectivity index (χ2v) is 9.98. The van der Waals surface area contributed by atoms with Gasteiger partial charge in [-0.05, 0) is 31.2 Å². The lowest BCUT2D eigenvalue weighted by Crippen LogP contribution is -2.48. The normalized spacial score (nSPS) is 14.3. The van der Waals surface area contributed by atoms with Crippen LogP contribution in [0.1, 0.15) is 16.1 Å². The Labute approximate surface area is 191 Å². The number of benzene rings is 2. The summed E-state index contributed by atoms with van der Waals surface area (Å²) >= 11 is 1.09. The molecule has 4 rings (SSSR count). The van der Waals surface area contributed by atoms with Crippen LogP contribution in [-0.2, 0) is 10.0 Å². The minimum Gasteiger partial charge on any atom is -0.497 e. The van der Waals surface area contributed by atoms with Crippen LogP contribution in [0.25, 0.3) is 0 Å². The molecule has 0 atom stereocenters. The van der Waals surface area contributed by atoms with Crippen molar-refractivity contribution in [2.75, 3.05) is 42.9 Å². The average molecular weight is 473 g/mol. The molecular formula is C22H24N4O4S2. The van der Waals surface area contributed by atoms with E-state index in [-0.39, 0.29) is 21.6 Å². The molecule has 168 valence electrons. The largest absolute Gasteiger partial charge is 0.497 e. The second-order valence-electron chi connectivity index (χ2n) is 7.44. The van der Waals surface area contributed by atoms with Crippen molar-refractivity contribution in [2.45, 2.75) is 11.8 Å². The number of sulfonamides is 1. The lowest BCUT2D eigenvalue weighted by molar-refractivity contribution is 0.0741. The summed E-state index contributed by atoms with van der Waals surface area (Å²) in [6, 6.07) is 14.4. The van der Waals surface area contributed by atoms with Crippen LogP contribution in [0.4, 0.5) is 10.8 Å². The zero-order valence-corrected chi connectivity index (χ0v) is 19.4. The molecule has 0 saturated carbocycles. The first-order chi connectivity index (χ1) is 15.4. The van der Waals surface area contributed by atoms with Gasteiger partial charge in [-0.25, -0.2) is 13.4 Å². The number of hydrogen-bond acceptors (Lipinski definition) is 7. The van der Waals surface area contributed by atoms with Gasteiger partial charge in [-0.2, -0.15) is 0 Å². The molecule has 1 saturated heterocycles. The van der Waals surface area contributed by atoms with E-state index < -0.39 is 10.0 Å². The van der Waals surface area contributed by atoms with Crippen LogP contribution in [0, 0.1) is 6.92 Å². The number of aryl methyl sites for hydroxylation is 1. The lowest BCUT2D eigenvalue weighted by Gasteiger charge is -2.35. The molecule has 1 amide bonds. The molecule has 0 unspecified atom stereocenters. The smallest absolute Gasteiger partial charge is 0.273 e. The molecule has 8 nitrogen and oxygen atoms in total. The predicted molar refractivity (Wildman–Crippen MR) is 125 cm³/mol. The maximum absolute atomic E-state index is 12.9. The monoisotopic (exact) mass is 472 g/mol. The molecule has 0 aliphatic carbocycles. The number of carbonyl (C=O) groups is 1. The highest BCUT2D eigenvalue weighted by molar-refractivity contribution is 7.93. The Morgan fingerprint density at radius 2 is 1.81 bits per heavy atom. The van der Waals surface area contributed by atoms with Gasteiger partial charge in [0.2, 0.25) is 0 Å². The Morgan fingerprint density at radius 3 is 2.50 bits per heavy atom. The van der Waals surface area contributed by atoms with E-state index in [0.717, 1.165) is 28.3 Å². The quantitative estimate of drug-likeness (QED) is 0.592. The van der Waals surface area contributed by atoms with Crippen molar-refractivity contribution < 1.29 is 17.9 Å². The van der Waals surface area contributed by atoms with Crippen molar-refractivity contribution in [3.8, 4) is 5.75 Å². The number of piperazine rings is 1. The van der Waals surface area contributed by atoms with E-state index in [4.69, 9.17) is 4.74 Å². The molecule has 1 N–H and O–H groups in total. The highest BCUT2D eigenvalue weighted by Crippen LogP contribution is 2.24. The number of nitrogens with one attached hydrogen (secondary N) is 1. The van der Waals surface area contributed by atoms with E-state index in [1.807, 2.05) is 31.2 Å². The fraction of sp³-hybridized carbons (Fsp3) is 0.273. The number of thiazole rings is 1. The van der Waals surface area contributed by atoms with Gasteiger partial charge in [0.15, 0.2) is 5.13 Å². The van der Waals surface area contributed by atoms with Crippen molar-refractivity contribution in [1.82, 2.24) is 9.88 Å². The first kappa shape index (κ1) is 22.1. The Bertz CT molecular complexity index is 1200. The number of amides is 1. The van der Waals surface area contributed by atoms with Gasteiger partial charge < -0.3 is 14.5 Å². The summed E-state index contributed by atoms with van der Waals surface area (Å²) in [5.41, 5.74) is 2.27. The summed E-state index contributed by atoms with van der Waals surface area (Å²) < 4.78 is 32.9. The molecular weight excluding hydrogens is 448 g/mol. The molecule has 0 radical (unpaired) electrons. The van der Waals surface area contributed by atoms with Gasteiger partial charge in [-0.15, -0.1) is 11.3 Å². The van der Waals surface area contributed by atoms with Gasteiger partial charge in [0.25, 0.3) is 15.9 Å². The van der Waals surface area contributed by atoms with Gasteiger partial charge in [0, 0.05) is 43.3 Å². The Balaban J connectivity index is 1.38. The third-order valence-electron chi connectivity index (χ3n) is 5.26. The van der Waals surface area contributed by atoms with Crippen LogP contribution in [-0.4, -0.2) is 57.5 Å². The number of hydrogen-bond donors (Lipinski definition) is 1. The summed E-state index contributed by atoms with van der Waals surface area (Å²) in [7, 11) is -2.12. The van der Waals surface area contributed by atoms with Gasteiger partial charge >= 0.3 is 0 Å². The van der Waals surface area contributed by atoms with Crippen molar-refractivity contribution in [3.05, 3.63) is 65.2 Å². The van der Waals surface area contributed by atoms with Crippen molar-refractivity contribution in [3.63, 3.8) is 0 Å². The number of anilines is 2. The highest BCUT2D eigenvalue weighted by atomic mass is 32.2. The Morgan fingerprint density at radius 1 is 1.09 bits per heavy atom. The minimum atomic E-state index is -3.75. The molecule has 0 bridgehead atoms. The Kier molecular flexibility index (Phi) is 6.33. The highest BCUT2D eigenvalue weighted by Gasteiger charge is 2.25. The van der Waals surface area contributed by atoms with Crippen LogP contribution in [0.3, 0.4) is 0 Å². The van der Waals surface area contributed by atoms with Crippen molar-refractivity contribution in [1.29, 1.82) is 0 Å². The van der Waals surface area contributed by atoms with E-state index in [0.29, 0.717) is 26.2 Å². The third kappa shape index (κ3) is 4.86. The molecule has 32 heavy (non-hydrogen) atoms. The van der Waals surface area contributed by atoms with Crippen LogP contribution < -0.4 is 14.4 Å². The van der Waals surface area contributed by atoms with E-state index in [9.17, 15) is 13.2 Å². The average Bonchev–Trinajstić information content (AvgIpc) is 3.26. The van der Waals surface area contributed by atoms with Gasteiger partial charge in [-0.3, -0.25) is 9.52 Å². The van der Waals surface area contributed by atoms with Gasteiger partial charge in [0.1, 0.15) is 11.4 Å². The summed E-state index contributed by atoms with van der Waals surface area (Å²) in [4.78, 5) is 21.2. The number of nitrogens with zero attached hydrogens (tertiary/aromatic N) is 3. The fourth-order valence-corrected chi connectivity index (χ4v) is 5.38. The van der Waals surface area contributed by atoms with Gasteiger partial charge in [0.05, 0.1) is 12.0 Å². The molecule has 1 aliphatic rings. The maximum atomic E-state index is 12.9. The summed E-state index contributed by atoms with van der Waals surface area (Å²) in [6.07, 6.45) is 0. The van der Waals surface area contributed by atoms with Crippen LogP contribution >= 0.6 is 11.3 Å². The van der Waals surface area contributed by atoms with Crippen LogP contribution in [0.5, 0.6) is 5.75 Å². The zero-order chi connectivity index (χ0) is 22.7. The number of carbonyl (C=O) groups excluding carboxylic acids is 1. The number of ether oxygens (including phenoxy) is 1. The van der Waals surface area contributed by atoms with Crippen LogP contribution in [0.15, 0.2) is 58.8 Å². The summed E-state index contributed by atoms with van der Waals surface area (Å²) in [5.74, 6) is 0.594.